The third-order valence-corrected chi connectivity index (χ3v) is 6.04. The Balaban J connectivity index is 0.00000121. The van der Waals surface area contributed by atoms with Crippen LogP contribution in [0, 0.1) is 11.8 Å². The van der Waals surface area contributed by atoms with E-state index in [4.69, 9.17) is 0 Å². The molecule has 1 aromatic rings. The molecule has 3 atom stereocenters. The first kappa shape index (κ1) is 21.3. The van der Waals surface area contributed by atoms with Gasteiger partial charge in [0.1, 0.15) is 0 Å². The molecule has 4 nitrogen and oxygen atoms in total. The molecule has 0 aliphatic carbocycles. The molecule has 2 bridgehead atoms. The number of rotatable bonds is 5. The number of amides is 1. The molecule has 3 aliphatic rings. The van der Waals surface area contributed by atoms with Gasteiger partial charge in [0.15, 0.2) is 0 Å². The van der Waals surface area contributed by atoms with Crippen molar-refractivity contribution in [3.63, 3.8) is 0 Å². The zero-order valence-electron chi connectivity index (χ0n) is 15.2. The Bertz CT molecular complexity index is 559. The summed E-state index contributed by atoms with van der Waals surface area (Å²) < 4.78 is 0. The van der Waals surface area contributed by atoms with Crippen LogP contribution in [0.1, 0.15) is 38.5 Å². The van der Waals surface area contributed by atoms with Gasteiger partial charge in [0.05, 0.1) is 0 Å². The lowest BCUT2D eigenvalue weighted by molar-refractivity contribution is -0.122. The van der Waals surface area contributed by atoms with E-state index in [0.29, 0.717) is 23.9 Å². The van der Waals surface area contributed by atoms with E-state index < -0.39 is 0 Å². The Kier molecular flexibility index (Phi) is 8.05. The molecule has 0 aromatic heterocycles. The fourth-order valence-electron chi connectivity index (χ4n) is 4.81. The van der Waals surface area contributed by atoms with E-state index in [-0.39, 0.29) is 30.7 Å². The van der Waals surface area contributed by atoms with Crippen LogP contribution in [0.3, 0.4) is 0 Å². The summed E-state index contributed by atoms with van der Waals surface area (Å²) in [6.45, 7) is 2.99. The summed E-state index contributed by atoms with van der Waals surface area (Å²) in [5, 5.41) is 6.86. The maximum absolute atomic E-state index is 12.3. The molecular weight excluding hydrogens is 369 g/mol. The highest BCUT2D eigenvalue weighted by Gasteiger charge is 2.34. The molecule has 26 heavy (non-hydrogen) atoms. The van der Waals surface area contributed by atoms with E-state index >= 15 is 0 Å². The highest BCUT2D eigenvalue weighted by molar-refractivity contribution is 5.85. The van der Waals surface area contributed by atoms with E-state index in [1.165, 1.54) is 37.8 Å². The number of carbonyl (C=O) groups is 1. The standard InChI is InChI=1S/C20H29N3O.2ClH/c24-20(12-16-10-17-6-7-18(11-16)22-17)21-13-15-8-9-23(14-15)19-4-2-1-3-5-19;;/h1-5,15-18,22H,6-14H2,(H,21,24);2*1H. The number of para-hydroxylation sites is 1. The molecule has 3 heterocycles. The van der Waals surface area contributed by atoms with Crippen LogP contribution in [0.15, 0.2) is 30.3 Å². The Morgan fingerprint density at radius 3 is 2.42 bits per heavy atom. The maximum atomic E-state index is 12.3. The van der Waals surface area contributed by atoms with Gasteiger partial charge in [0.2, 0.25) is 5.91 Å². The number of hydrogen-bond donors (Lipinski definition) is 2. The monoisotopic (exact) mass is 399 g/mol. The van der Waals surface area contributed by atoms with Gasteiger partial charge in [-0.3, -0.25) is 4.79 Å². The molecule has 3 unspecified atom stereocenters. The first-order valence-corrected chi connectivity index (χ1v) is 9.59. The molecule has 2 N–H and O–H groups in total. The van der Waals surface area contributed by atoms with E-state index in [0.717, 1.165) is 26.1 Å². The molecule has 3 aliphatic heterocycles. The number of halogens is 2. The molecule has 3 saturated heterocycles. The SMILES string of the molecule is Cl.Cl.O=C(CC1CC2CCC(C1)N2)NCC1CCN(c2ccccc2)C1. The van der Waals surface area contributed by atoms with Crippen LogP contribution in [0.5, 0.6) is 0 Å². The molecule has 0 radical (unpaired) electrons. The summed E-state index contributed by atoms with van der Waals surface area (Å²) in [5.74, 6) is 1.44. The summed E-state index contributed by atoms with van der Waals surface area (Å²) in [7, 11) is 0. The number of nitrogens with zero attached hydrogens (tertiary/aromatic N) is 1. The van der Waals surface area contributed by atoms with Crippen molar-refractivity contribution in [2.24, 2.45) is 11.8 Å². The molecule has 1 aromatic carbocycles. The maximum Gasteiger partial charge on any atom is 0.220 e. The van der Waals surface area contributed by atoms with Crippen LogP contribution in [0.4, 0.5) is 5.69 Å². The quantitative estimate of drug-likeness (QED) is 0.797. The number of benzene rings is 1. The van der Waals surface area contributed by atoms with Crippen molar-refractivity contribution < 1.29 is 4.79 Å². The van der Waals surface area contributed by atoms with Crippen molar-refractivity contribution in [3.05, 3.63) is 30.3 Å². The lowest BCUT2D eigenvalue weighted by atomic mass is 9.89. The second kappa shape index (κ2) is 9.82. The lowest BCUT2D eigenvalue weighted by Crippen LogP contribution is -2.40. The van der Waals surface area contributed by atoms with Gasteiger partial charge in [-0.15, -0.1) is 24.8 Å². The van der Waals surface area contributed by atoms with E-state index in [1.807, 2.05) is 0 Å². The van der Waals surface area contributed by atoms with Crippen molar-refractivity contribution in [3.8, 4) is 0 Å². The largest absolute Gasteiger partial charge is 0.371 e. The zero-order chi connectivity index (χ0) is 16.4. The second-order valence-electron chi connectivity index (χ2n) is 7.92. The molecule has 3 fully saturated rings. The van der Waals surface area contributed by atoms with Crippen molar-refractivity contribution in [2.45, 2.75) is 50.6 Å². The van der Waals surface area contributed by atoms with Gasteiger partial charge in [0.25, 0.3) is 0 Å². The molecule has 146 valence electrons. The molecule has 4 rings (SSSR count). The minimum atomic E-state index is 0. The van der Waals surface area contributed by atoms with E-state index in [1.54, 1.807) is 0 Å². The van der Waals surface area contributed by atoms with Crippen LogP contribution in [-0.2, 0) is 4.79 Å². The fourth-order valence-corrected chi connectivity index (χ4v) is 4.81. The number of carbonyl (C=O) groups excluding carboxylic acids is 1. The average Bonchev–Trinajstić information content (AvgIpc) is 3.20. The van der Waals surface area contributed by atoms with Gasteiger partial charge in [-0.25, -0.2) is 0 Å². The number of piperidine rings is 1. The predicted molar refractivity (Wildman–Crippen MR) is 112 cm³/mol. The van der Waals surface area contributed by atoms with Crippen molar-refractivity contribution in [2.75, 3.05) is 24.5 Å². The van der Waals surface area contributed by atoms with Crippen LogP contribution >= 0.6 is 24.8 Å². The molecule has 0 saturated carbocycles. The van der Waals surface area contributed by atoms with Crippen LogP contribution in [-0.4, -0.2) is 37.6 Å². The van der Waals surface area contributed by atoms with Gasteiger partial charge in [-0.05, 0) is 56.1 Å². The third kappa shape index (κ3) is 5.28. The summed E-state index contributed by atoms with van der Waals surface area (Å²) >= 11 is 0. The van der Waals surface area contributed by atoms with Crippen LogP contribution in [0.2, 0.25) is 0 Å². The van der Waals surface area contributed by atoms with Crippen molar-refractivity contribution in [1.82, 2.24) is 10.6 Å². The Labute approximate surface area is 169 Å². The van der Waals surface area contributed by atoms with Crippen LogP contribution < -0.4 is 15.5 Å². The molecular formula is C20H31Cl2N3O. The number of hydrogen-bond acceptors (Lipinski definition) is 3. The van der Waals surface area contributed by atoms with Crippen LogP contribution in [0.25, 0.3) is 0 Å². The van der Waals surface area contributed by atoms with Gasteiger partial charge >= 0.3 is 0 Å². The van der Waals surface area contributed by atoms with E-state index in [2.05, 4.69) is 45.9 Å². The Morgan fingerprint density at radius 1 is 1.04 bits per heavy atom. The third-order valence-electron chi connectivity index (χ3n) is 6.04. The number of nitrogens with one attached hydrogen (secondary N) is 2. The molecule has 1 amide bonds. The first-order valence-electron chi connectivity index (χ1n) is 9.59. The highest BCUT2D eigenvalue weighted by Crippen LogP contribution is 2.32. The summed E-state index contributed by atoms with van der Waals surface area (Å²) in [4.78, 5) is 14.7. The zero-order valence-corrected chi connectivity index (χ0v) is 16.9. The molecule has 0 spiro atoms. The Hall–Kier alpha value is -0.970. The minimum absolute atomic E-state index is 0. The predicted octanol–water partition coefficient (Wildman–Crippen LogP) is 3.39. The topological polar surface area (TPSA) is 44.4 Å². The van der Waals surface area contributed by atoms with Gasteiger partial charge < -0.3 is 15.5 Å². The normalized spacial score (nSPS) is 29.6. The fraction of sp³-hybridized carbons (Fsp3) is 0.650. The van der Waals surface area contributed by atoms with Crippen molar-refractivity contribution >= 4 is 36.4 Å². The van der Waals surface area contributed by atoms with Gasteiger partial charge in [-0.1, -0.05) is 18.2 Å². The van der Waals surface area contributed by atoms with Crippen molar-refractivity contribution in [1.29, 1.82) is 0 Å². The molecule has 6 heteroatoms. The number of fused-ring (bicyclic) bond motifs is 2. The van der Waals surface area contributed by atoms with Gasteiger partial charge in [-0.2, -0.15) is 0 Å². The average molecular weight is 400 g/mol. The summed E-state index contributed by atoms with van der Waals surface area (Å²) in [6.07, 6.45) is 6.89. The Morgan fingerprint density at radius 2 is 1.73 bits per heavy atom. The van der Waals surface area contributed by atoms with Gasteiger partial charge in [0, 0.05) is 43.8 Å². The van der Waals surface area contributed by atoms with E-state index in [9.17, 15) is 4.79 Å². The minimum Gasteiger partial charge on any atom is -0.371 e. The lowest BCUT2D eigenvalue weighted by Gasteiger charge is -2.28. The first-order chi connectivity index (χ1) is 11.8. The summed E-state index contributed by atoms with van der Waals surface area (Å²) in [6, 6.07) is 11.9. The second-order valence-corrected chi connectivity index (χ2v) is 7.92. The summed E-state index contributed by atoms with van der Waals surface area (Å²) in [5.41, 5.74) is 1.30. The highest BCUT2D eigenvalue weighted by atomic mass is 35.5. The smallest absolute Gasteiger partial charge is 0.220 e. The number of anilines is 1.